The molecule has 0 aliphatic rings. The Hall–Kier alpha value is -4.88. The van der Waals surface area contributed by atoms with Gasteiger partial charge in [-0.25, -0.2) is 14.1 Å². The molecule has 0 fully saturated rings. The SMILES string of the molecule is CCSc1cc(C)c(-c2cnn(-c3cc(Oc4ccc5c6ccccc6n(-c6cc(F)ccn6)c5c4)cc(C(C)C)c3)c2)c(C)c1. The van der Waals surface area contributed by atoms with Crippen molar-refractivity contribution < 1.29 is 9.13 Å². The van der Waals surface area contributed by atoms with Crippen LogP contribution in [0.3, 0.4) is 0 Å². The summed E-state index contributed by atoms with van der Waals surface area (Å²) >= 11 is 1.86. The molecule has 7 aromatic rings. The third kappa shape index (κ3) is 5.56. The maximum absolute atomic E-state index is 14.3. The minimum Gasteiger partial charge on any atom is -0.457 e. The molecule has 0 atom stereocenters. The highest BCUT2D eigenvalue weighted by Crippen LogP contribution is 2.37. The first kappa shape index (κ1) is 29.8. The Bertz CT molecular complexity index is 2210. The van der Waals surface area contributed by atoms with E-state index in [0.717, 1.165) is 50.1 Å². The van der Waals surface area contributed by atoms with Crippen LogP contribution in [-0.2, 0) is 0 Å². The standard InChI is InChI=1S/C39H35FN4OS/c1-6-46-33-15-25(4)39(26(5)16-33)28-22-42-43(23-28)30-17-27(24(2)3)18-32(20-30)45-31-11-12-35-34-9-7-8-10-36(34)44(37(35)21-31)38-19-29(40)13-14-41-38/h7-24H,6H2,1-5H3. The Kier molecular flexibility index (Phi) is 7.87. The summed E-state index contributed by atoms with van der Waals surface area (Å²) < 4.78 is 24.8. The van der Waals surface area contributed by atoms with Crippen molar-refractivity contribution in [2.24, 2.45) is 0 Å². The summed E-state index contributed by atoms with van der Waals surface area (Å²) in [5, 5.41) is 6.90. The van der Waals surface area contributed by atoms with E-state index >= 15 is 0 Å². The van der Waals surface area contributed by atoms with Gasteiger partial charge in [-0.3, -0.25) is 4.57 Å². The molecule has 4 aromatic carbocycles. The number of fused-ring (bicyclic) bond motifs is 3. The number of benzene rings is 4. The minimum absolute atomic E-state index is 0.287. The van der Waals surface area contributed by atoms with Crippen LogP contribution < -0.4 is 4.74 Å². The van der Waals surface area contributed by atoms with Gasteiger partial charge in [-0.15, -0.1) is 11.8 Å². The Balaban J connectivity index is 1.28. The third-order valence-electron chi connectivity index (χ3n) is 8.35. The predicted molar refractivity (Wildman–Crippen MR) is 188 cm³/mol. The van der Waals surface area contributed by atoms with Crippen LogP contribution in [0.4, 0.5) is 4.39 Å². The number of para-hydroxylation sites is 1. The molecule has 3 aromatic heterocycles. The van der Waals surface area contributed by atoms with Crippen LogP contribution in [0, 0.1) is 19.7 Å². The number of aromatic nitrogens is 4. The van der Waals surface area contributed by atoms with Gasteiger partial charge in [0.25, 0.3) is 0 Å². The number of thioether (sulfide) groups is 1. The molecular weight excluding hydrogens is 592 g/mol. The van der Waals surface area contributed by atoms with Crippen LogP contribution in [-0.4, -0.2) is 25.1 Å². The first-order valence-electron chi connectivity index (χ1n) is 15.6. The van der Waals surface area contributed by atoms with Gasteiger partial charge in [-0.2, -0.15) is 5.10 Å². The van der Waals surface area contributed by atoms with Crippen LogP contribution in [0.2, 0.25) is 0 Å². The van der Waals surface area contributed by atoms with E-state index in [2.05, 4.69) is 82.2 Å². The van der Waals surface area contributed by atoms with E-state index < -0.39 is 0 Å². The lowest BCUT2D eigenvalue weighted by atomic mass is 9.98. The summed E-state index contributed by atoms with van der Waals surface area (Å²) in [5.74, 6) is 2.92. The lowest BCUT2D eigenvalue weighted by Crippen LogP contribution is -1.99. The van der Waals surface area contributed by atoms with Crippen molar-refractivity contribution in [3.8, 4) is 34.1 Å². The minimum atomic E-state index is -0.332. The quantitative estimate of drug-likeness (QED) is 0.157. The zero-order valence-electron chi connectivity index (χ0n) is 26.6. The third-order valence-corrected chi connectivity index (χ3v) is 9.21. The molecule has 0 aliphatic heterocycles. The largest absolute Gasteiger partial charge is 0.457 e. The van der Waals surface area contributed by atoms with Gasteiger partial charge in [0.1, 0.15) is 23.1 Å². The summed E-state index contributed by atoms with van der Waals surface area (Å²) in [6, 6.07) is 27.8. The van der Waals surface area contributed by atoms with Crippen molar-refractivity contribution in [1.29, 1.82) is 0 Å². The zero-order valence-corrected chi connectivity index (χ0v) is 27.4. The Morgan fingerprint density at radius 1 is 0.848 bits per heavy atom. The van der Waals surface area contributed by atoms with Gasteiger partial charge in [0, 0.05) is 51.8 Å². The number of hydrogen-bond acceptors (Lipinski definition) is 4. The number of ether oxygens (including phenoxy) is 1. The highest BCUT2D eigenvalue weighted by molar-refractivity contribution is 7.99. The van der Waals surface area contributed by atoms with Gasteiger partial charge in [0.05, 0.1) is 22.9 Å². The van der Waals surface area contributed by atoms with Crippen LogP contribution >= 0.6 is 11.8 Å². The average Bonchev–Trinajstić information content (AvgIpc) is 3.64. The van der Waals surface area contributed by atoms with Gasteiger partial charge in [0.15, 0.2) is 0 Å². The van der Waals surface area contributed by atoms with Crippen molar-refractivity contribution >= 4 is 33.6 Å². The molecule has 46 heavy (non-hydrogen) atoms. The Labute approximate surface area is 272 Å². The monoisotopic (exact) mass is 626 g/mol. The molecule has 0 amide bonds. The Morgan fingerprint density at radius 2 is 1.63 bits per heavy atom. The molecule has 5 nitrogen and oxygen atoms in total. The van der Waals surface area contributed by atoms with Crippen molar-refractivity contribution in [3.63, 3.8) is 0 Å². The summed E-state index contributed by atoms with van der Waals surface area (Å²) in [6.45, 7) is 10.9. The molecule has 0 N–H and O–H groups in total. The Morgan fingerprint density at radius 3 is 2.39 bits per heavy atom. The van der Waals surface area contributed by atoms with E-state index in [-0.39, 0.29) is 11.7 Å². The van der Waals surface area contributed by atoms with E-state index in [1.807, 2.05) is 63.6 Å². The van der Waals surface area contributed by atoms with E-state index in [0.29, 0.717) is 11.6 Å². The van der Waals surface area contributed by atoms with Crippen LogP contribution in [0.5, 0.6) is 11.5 Å². The summed E-state index contributed by atoms with van der Waals surface area (Å²) in [7, 11) is 0. The van der Waals surface area contributed by atoms with E-state index in [4.69, 9.17) is 9.84 Å². The van der Waals surface area contributed by atoms with Crippen molar-refractivity contribution in [2.75, 3.05) is 5.75 Å². The zero-order chi connectivity index (χ0) is 31.9. The second kappa shape index (κ2) is 12.1. The molecule has 0 unspecified atom stereocenters. The van der Waals surface area contributed by atoms with Crippen LogP contribution in [0.1, 0.15) is 43.4 Å². The molecule has 0 saturated heterocycles. The number of hydrogen-bond donors (Lipinski definition) is 0. The molecule has 0 radical (unpaired) electrons. The van der Waals surface area contributed by atoms with Gasteiger partial charge < -0.3 is 4.74 Å². The van der Waals surface area contributed by atoms with Gasteiger partial charge in [-0.1, -0.05) is 39.0 Å². The second-order valence-corrected chi connectivity index (χ2v) is 13.3. The van der Waals surface area contributed by atoms with E-state index in [1.54, 1.807) is 0 Å². The predicted octanol–water partition coefficient (Wildman–Crippen LogP) is 10.8. The molecule has 230 valence electrons. The number of pyridine rings is 1. The highest BCUT2D eigenvalue weighted by Gasteiger charge is 2.16. The average molecular weight is 627 g/mol. The molecule has 0 saturated carbocycles. The van der Waals surface area contributed by atoms with Gasteiger partial charge >= 0.3 is 0 Å². The summed E-state index contributed by atoms with van der Waals surface area (Å²) in [4.78, 5) is 5.79. The molecular formula is C39H35FN4OS. The number of nitrogens with zero attached hydrogens (tertiary/aromatic N) is 4. The van der Waals surface area contributed by atoms with Gasteiger partial charge in [0.2, 0.25) is 0 Å². The molecule has 0 aliphatic carbocycles. The lowest BCUT2D eigenvalue weighted by Gasteiger charge is -2.14. The molecule has 0 spiro atoms. The van der Waals surface area contributed by atoms with Crippen LogP contribution in [0.25, 0.3) is 44.4 Å². The summed E-state index contributed by atoms with van der Waals surface area (Å²) in [6.07, 6.45) is 5.54. The van der Waals surface area contributed by atoms with Crippen LogP contribution in [0.15, 0.2) is 108 Å². The highest BCUT2D eigenvalue weighted by atomic mass is 32.2. The fraction of sp³-hybridized carbons (Fsp3) is 0.179. The number of halogens is 1. The maximum atomic E-state index is 14.3. The lowest BCUT2D eigenvalue weighted by molar-refractivity contribution is 0.481. The van der Waals surface area contributed by atoms with E-state index in [1.165, 1.54) is 39.9 Å². The van der Waals surface area contributed by atoms with Crippen molar-refractivity contribution in [3.05, 3.63) is 126 Å². The molecule has 7 rings (SSSR count). The molecule has 0 bridgehead atoms. The van der Waals surface area contributed by atoms with E-state index in [9.17, 15) is 4.39 Å². The molecule has 7 heteroatoms. The van der Waals surface area contributed by atoms with Crippen molar-refractivity contribution in [1.82, 2.24) is 19.3 Å². The van der Waals surface area contributed by atoms with Crippen molar-refractivity contribution in [2.45, 2.75) is 45.4 Å². The number of aryl methyl sites for hydroxylation is 2. The smallest absolute Gasteiger partial charge is 0.140 e. The number of rotatable bonds is 8. The summed E-state index contributed by atoms with van der Waals surface area (Å²) in [5.41, 5.74) is 8.73. The fourth-order valence-electron chi connectivity index (χ4n) is 6.27. The second-order valence-electron chi connectivity index (χ2n) is 11.9. The first-order chi connectivity index (χ1) is 22.3. The molecule has 3 heterocycles. The maximum Gasteiger partial charge on any atom is 0.140 e. The fourth-order valence-corrected chi connectivity index (χ4v) is 7.12. The topological polar surface area (TPSA) is 44.9 Å². The first-order valence-corrected chi connectivity index (χ1v) is 16.5. The van der Waals surface area contributed by atoms with Gasteiger partial charge in [-0.05, 0) is 96.3 Å². The normalized spacial score (nSPS) is 11.6.